The molecule has 0 aromatic carbocycles. The molecule has 0 bridgehead atoms. The molecule has 0 aliphatic rings. The molecule has 1 heterocycles. The fourth-order valence-electron chi connectivity index (χ4n) is 1.99. The van der Waals surface area contributed by atoms with Gasteiger partial charge in [-0.15, -0.1) is 5.10 Å². The van der Waals surface area contributed by atoms with E-state index in [1.807, 2.05) is 4.68 Å². The Labute approximate surface area is 110 Å². The molecule has 0 saturated carbocycles. The Morgan fingerprint density at radius 1 is 1.22 bits per heavy atom. The molecule has 0 radical (unpaired) electrons. The van der Waals surface area contributed by atoms with Gasteiger partial charge in [0, 0.05) is 0 Å². The van der Waals surface area contributed by atoms with Gasteiger partial charge in [-0.1, -0.05) is 33.6 Å². The van der Waals surface area contributed by atoms with Gasteiger partial charge in [-0.3, -0.25) is 0 Å². The van der Waals surface area contributed by atoms with Gasteiger partial charge < -0.3 is 5.32 Å². The summed E-state index contributed by atoms with van der Waals surface area (Å²) in [6.07, 6.45) is 4.78. The number of hydrogen-bond acceptors (Lipinski definition) is 4. The maximum Gasteiger partial charge on any atom is 0.165 e. The monoisotopic (exact) mass is 253 g/mol. The number of nitrogens with zero attached hydrogens (tertiary/aromatic N) is 4. The van der Waals surface area contributed by atoms with Crippen LogP contribution in [0.25, 0.3) is 0 Å². The standard InChI is InChI=1S/C13H27N5/c1-5-9-14-10-13-15-16-17-18(13)12(4)8-6-7-11(2)3/h11-12,14H,5-10H2,1-4H3. The summed E-state index contributed by atoms with van der Waals surface area (Å²) in [6, 6.07) is 0.386. The summed E-state index contributed by atoms with van der Waals surface area (Å²) in [6.45, 7) is 10.7. The van der Waals surface area contributed by atoms with Crippen molar-refractivity contribution < 1.29 is 0 Å². The first-order valence-electron chi connectivity index (χ1n) is 7.12. The molecular weight excluding hydrogens is 226 g/mol. The summed E-state index contributed by atoms with van der Waals surface area (Å²) in [5.74, 6) is 1.72. The number of nitrogens with one attached hydrogen (secondary N) is 1. The molecule has 0 saturated heterocycles. The lowest BCUT2D eigenvalue weighted by atomic mass is 10.0. The molecule has 104 valence electrons. The highest BCUT2D eigenvalue weighted by molar-refractivity contribution is 4.82. The van der Waals surface area contributed by atoms with Crippen LogP contribution in [0.5, 0.6) is 0 Å². The van der Waals surface area contributed by atoms with Gasteiger partial charge in [0.1, 0.15) is 0 Å². The number of tetrazole rings is 1. The second kappa shape index (κ2) is 8.19. The van der Waals surface area contributed by atoms with Crippen molar-refractivity contribution in [1.82, 2.24) is 25.5 Å². The second-order valence-electron chi connectivity index (χ2n) is 5.39. The third-order valence-electron chi connectivity index (χ3n) is 3.09. The van der Waals surface area contributed by atoms with E-state index in [1.54, 1.807) is 0 Å². The zero-order valence-corrected chi connectivity index (χ0v) is 12.2. The summed E-state index contributed by atoms with van der Waals surface area (Å²) in [5, 5.41) is 15.3. The van der Waals surface area contributed by atoms with Crippen molar-refractivity contribution in [3.8, 4) is 0 Å². The average Bonchev–Trinajstić information content (AvgIpc) is 2.77. The van der Waals surface area contributed by atoms with Crippen molar-refractivity contribution in [3.05, 3.63) is 5.82 Å². The molecule has 0 spiro atoms. The molecule has 1 N–H and O–H groups in total. The molecular formula is C13H27N5. The predicted molar refractivity (Wildman–Crippen MR) is 73.2 cm³/mol. The third-order valence-corrected chi connectivity index (χ3v) is 3.09. The first kappa shape index (κ1) is 15.1. The predicted octanol–water partition coefficient (Wildman–Crippen LogP) is 2.56. The minimum atomic E-state index is 0.386. The number of rotatable bonds is 9. The van der Waals surface area contributed by atoms with Crippen molar-refractivity contribution in [1.29, 1.82) is 0 Å². The van der Waals surface area contributed by atoms with Crippen LogP contribution in [0, 0.1) is 5.92 Å². The highest BCUT2D eigenvalue weighted by atomic mass is 15.6. The highest BCUT2D eigenvalue weighted by Crippen LogP contribution is 2.16. The van der Waals surface area contributed by atoms with Crippen molar-refractivity contribution in [2.45, 2.75) is 66.0 Å². The molecule has 18 heavy (non-hydrogen) atoms. The molecule has 0 aliphatic heterocycles. The van der Waals surface area contributed by atoms with Crippen LogP contribution in [0.1, 0.15) is 65.2 Å². The van der Waals surface area contributed by atoms with Crippen LogP contribution in [-0.4, -0.2) is 26.8 Å². The molecule has 5 heteroatoms. The Morgan fingerprint density at radius 2 is 2.00 bits per heavy atom. The summed E-state index contributed by atoms with van der Waals surface area (Å²) >= 11 is 0. The van der Waals surface area contributed by atoms with Gasteiger partial charge in [0.05, 0.1) is 12.6 Å². The Balaban J connectivity index is 2.41. The van der Waals surface area contributed by atoms with E-state index < -0.39 is 0 Å². The SMILES string of the molecule is CCCNCc1nnnn1C(C)CCCC(C)C. The Bertz CT molecular complexity index is 321. The molecule has 1 aromatic heterocycles. The van der Waals surface area contributed by atoms with Gasteiger partial charge in [0.25, 0.3) is 0 Å². The molecule has 0 aliphatic carbocycles. The normalized spacial score (nSPS) is 13.2. The van der Waals surface area contributed by atoms with E-state index in [-0.39, 0.29) is 0 Å². The Hall–Kier alpha value is -0.970. The molecule has 1 rings (SSSR count). The van der Waals surface area contributed by atoms with Crippen LogP contribution in [0.15, 0.2) is 0 Å². The van der Waals surface area contributed by atoms with E-state index >= 15 is 0 Å². The van der Waals surface area contributed by atoms with Gasteiger partial charge in [0.2, 0.25) is 0 Å². The van der Waals surface area contributed by atoms with Crippen LogP contribution in [0.4, 0.5) is 0 Å². The van der Waals surface area contributed by atoms with E-state index in [4.69, 9.17) is 0 Å². The lowest BCUT2D eigenvalue weighted by molar-refractivity contribution is 0.397. The van der Waals surface area contributed by atoms with Crippen LogP contribution in [0.2, 0.25) is 0 Å². The molecule has 5 nitrogen and oxygen atoms in total. The summed E-state index contributed by atoms with van der Waals surface area (Å²) in [7, 11) is 0. The van der Waals surface area contributed by atoms with Crippen molar-refractivity contribution in [2.24, 2.45) is 5.92 Å². The molecule has 0 amide bonds. The molecule has 1 unspecified atom stereocenters. The van der Waals surface area contributed by atoms with Crippen molar-refractivity contribution >= 4 is 0 Å². The van der Waals surface area contributed by atoms with Gasteiger partial charge in [-0.2, -0.15) is 0 Å². The van der Waals surface area contributed by atoms with Crippen molar-refractivity contribution in [3.63, 3.8) is 0 Å². The highest BCUT2D eigenvalue weighted by Gasteiger charge is 2.12. The second-order valence-corrected chi connectivity index (χ2v) is 5.39. The smallest absolute Gasteiger partial charge is 0.165 e. The molecule has 0 fully saturated rings. The summed E-state index contributed by atoms with van der Waals surface area (Å²) in [5.41, 5.74) is 0. The lowest BCUT2D eigenvalue weighted by Gasteiger charge is -2.14. The van der Waals surface area contributed by atoms with Crippen LogP contribution in [0.3, 0.4) is 0 Å². The first-order valence-corrected chi connectivity index (χ1v) is 7.12. The average molecular weight is 253 g/mol. The maximum atomic E-state index is 4.11. The van der Waals surface area contributed by atoms with E-state index in [0.717, 1.165) is 37.7 Å². The van der Waals surface area contributed by atoms with E-state index in [2.05, 4.69) is 48.5 Å². The van der Waals surface area contributed by atoms with Gasteiger partial charge in [-0.05, 0) is 42.7 Å². The lowest BCUT2D eigenvalue weighted by Crippen LogP contribution is -2.20. The van der Waals surface area contributed by atoms with E-state index in [9.17, 15) is 0 Å². The fraction of sp³-hybridized carbons (Fsp3) is 0.923. The molecule has 1 atom stereocenters. The fourth-order valence-corrected chi connectivity index (χ4v) is 1.99. The zero-order valence-electron chi connectivity index (χ0n) is 12.2. The van der Waals surface area contributed by atoms with Crippen LogP contribution >= 0.6 is 0 Å². The van der Waals surface area contributed by atoms with Gasteiger partial charge in [0.15, 0.2) is 5.82 Å². The Kier molecular flexibility index (Phi) is 6.86. The summed E-state index contributed by atoms with van der Waals surface area (Å²) < 4.78 is 1.96. The third kappa shape index (κ3) is 5.12. The summed E-state index contributed by atoms with van der Waals surface area (Å²) in [4.78, 5) is 0. The first-order chi connectivity index (χ1) is 8.65. The minimum absolute atomic E-state index is 0.386. The maximum absolute atomic E-state index is 4.11. The minimum Gasteiger partial charge on any atom is -0.310 e. The molecule has 1 aromatic rings. The Morgan fingerprint density at radius 3 is 2.67 bits per heavy atom. The zero-order chi connectivity index (χ0) is 13.4. The number of hydrogen-bond donors (Lipinski definition) is 1. The van der Waals surface area contributed by atoms with E-state index in [0.29, 0.717) is 6.04 Å². The topological polar surface area (TPSA) is 55.6 Å². The van der Waals surface area contributed by atoms with E-state index in [1.165, 1.54) is 12.8 Å². The van der Waals surface area contributed by atoms with Crippen LogP contribution < -0.4 is 5.32 Å². The van der Waals surface area contributed by atoms with Gasteiger partial charge >= 0.3 is 0 Å². The quantitative estimate of drug-likeness (QED) is 0.687. The van der Waals surface area contributed by atoms with Crippen molar-refractivity contribution in [2.75, 3.05) is 6.54 Å². The van der Waals surface area contributed by atoms with Gasteiger partial charge in [-0.25, -0.2) is 4.68 Å². The van der Waals surface area contributed by atoms with Crippen LogP contribution in [-0.2, 0) is 6.54 Å². The number of aromatic nitrogens is 4. The largest absolute Gasteiger partial charge is 0.310 e.